The zero-order valence-electron chi connectivity index (χ0n) is 10.4. The van der Waals surface area contributed by atoms with E-state index in [-0.39, 0.29) is 12.5 Å². The van der Waals surface area contributed by atoms with Crippen LogP contribution in [-0.4, -0.2) is 34.7 Å². The highest BCUT2D eigenvalue weighted by Crippen LogP contribution is 2.22. The first-order valence-corrected chi connectivity index (χ1v) is 6.55. The third-order valence-corrected chi connectivity index (χ3v) is 3.60. The standard InChI is InChI=1S/C12H17NO4S/c1-3-4-8-5-10(18-7(8)2)11(15)13-6-9(14)12(16)17/h5,9,14H,3-4,6H2,1-2H3,(H,13,15)(H,16,17)/t9-/m0/s1. The molecule has 1 amide bonds. The van der Waals surface area contributed by atoms with Gasteiger partial charge in [0.1, 0.15) is 0 Å². The van der Waals surface area contributed by atoms with Gasteiger partial charge in [0.25, 0.3) is 5.91 Å². The number of carboxylic acid groups (broad SMARTS) is 1. The zero-order valence-corrected chi connectivity index (χ0v) is 11.2. The van der Waals surface area contributed by atoms with Crippen LogP contribution in [0.25, 0.3) is 0 Å². The number of hydrogen-bond donors (Lipinski definition) is 3. The van der Waals surface area contributed by atoms with Crippen molar-refractivity contribution in [1.82, 2.24) is 5.32 Å². The monoisotopic (exact) mass is 271 g/mol. The van der Waals surface area contributed by atoms with Gasteiger partial charge in [0.05, 0.1) is 11.4 Å². The topological polar surface area (TPSA) is 86.6 Å². The number of carboxylic acids is 1. The summed E-state index contributed by atoms with van der Waals surface area (Å²) in [4.78, 5) is 23.8. The summed E-state index contributed by atoms with van der Waals surface area (Å²) in [5.74, 6) is -1.69. The van der Waals surface area contributed by atoms with Gasteiger partial charge in [-0.1, -0.05) is 13.3 Å². The SMILES string of the molecule is CCCc1cc(C(=O)NC[C@H](O)C(=O)O)sc1C. The second-order valence-corrected chi connectivity index (χ2v) is 5.26. The van der Waals surface area contributed by atoms with Crippen molar-refractivity contribution in [2.75, 3.05) is 6.54 Å². The van der Waals surface area contributed by atoms with Gasteiger partial charge in [0.2, 0.25) is 0 Å². The summed E-state index contributed by atoms with van der Waals surface area (Å²) in [6.07, 6.45) is 0.370. The van der Waals surface area contributed by atoms with Crippen LogP contribution in [0.2, 0.25) is 0 Å². The first-order valence-electron chi connectivity index (χ1n) is 5.74. The summed E-state index contributed by atoms with van der Waals surface area (Å²) >= 11 is 1.38. The molecule has 0 radical (unpaired) electrons. The van der Waals surface area contributed by atoms with E-state index in [1.807, 2.05) is 13.0 Å². The molecule has 1 atom stereocenters. The van der Waals surface area contributed by atoms with Crippen LogP contribution in [0.4, 0.5) is 0 Å². The Bertz CT molecular complexity index is 441. The smallest absolute Gasteiger partial charge is 0.334 e. The van der Waals surface area contributed by atoms with Crippen LogP contribution in [0.3, 0.4) is 0 Å². The minimum Gasteiger partial charge on any atom is -0.479 e. The number of aryl methyl sites for hydroxylation is 2. The van der Waals surface area contributed by atoms with E-state index in [0.717, 1.165) is 23.3 Å². The van der Waals surface area contributed by atoms with Gasteiger partial charge in [-0.2, -0.15) is 0 Å². The van der Waals surface area contributed by atoms with Crippen LogP contribution in [0, 0.1) is 6.92 Å². The van der Waals surface area contributed by atoms with Crippen molar-refractivity contribution >= 4 is 23.2 Å². The molecular formula is C12H17NO4S. The number of nitrogens with one attached hydrogen (secondary N) is 1. The van der Waals surface area contributed by atoms with Gasteiger partial charge in [-0.05, 0) is 25.0 Å². The van der Waals surface area contributed by atoms with E-state index >= 15 is 0 Å². The highest BCUT2D eigenvalue weighted by atomic mass is 32.1. The summed E-state index contributed by atoms with van der Waals surface area (Å²) < 4.78 is 0. The Morgan fingerprint density at radius 2 is 2.17 bits per heavy atom. The predicted octanol–water partition coefficient (Wildman–Crippen LogP) is 1.18. The molecule has 3 N–H and O–H groups in total. The van der Waals surface area contributed by atoms with E-state index in [9.17, 15) is 9.59 Å². The van der Waals surface area contributed by atoms with Crippen molar-refractivity contribution in [3.8, 4) is 0 Å². The summed E-state index contributed by atoms with van der Waals surface area (Å²) in [5.41, 5.74) is 1.14. The molecule has 0 saturated carbocycles. The molecule has 0 unspecified atom stereocenters. The Balaban J connectivity index is 2.61. The number of carbonyl (C=O) groups excluding carboxylic acids is 1. The molecule has 0 spiro atoms. The summed E-state index contributed by atoms with van der Waals surface area (Å²) in [7, 11) is 0. The largest absolute Gasteiger partial charge is 0.479 e. The van der Waals surface area contributed by atoms with Gasteiger partial charge in [-0.15, -0.1) is 11.3 Å². The van der Waals surface area contributed by atoms with E-state index in [2.05, 4.69) is 12.2 Å². The third kappa shape index (κ3) is 3.82. The summed E-state index contributed by atoms with van der Waals surface area (Å²) in [6.45, 7) is 3.74. The number of aliphatic hydroxyl groups is 1. The molecule has 0 aliphatic heterocycles. The van der Waals surface area contributed by atoms with Crippen molar-refractivity contribution < 1.29 is 19.8 Å². The Labute approximate surface area is 109 Å². The molecule has 1 heterocycles. The van der Waals surface area contributed by atoms with E-state index in [1.165, 1.54) is 11.3 Å². The fourth-order valence-electron chi connectivity index (χ4n) is 1.51. The van der Waals surface area contributed by atoms with Gasteiger partial charge in [0.15, 0.2) is 6.10 Å². The normalized spacial score (nSPS) is 12.2. The summed E-state index contributed by atoms with van der Waals surface area (Å²) in [6, 6.07) is 1.83. The quantitative estimate of drug-likeness (QED) is 0.725. The van der Waals surface area contributed by atoms with Crippen molar-refractivity contribution in [1.29, 1.82) is 0 Å². The van der Waals surface area contributed by atoms with Crippen LogP contribution in [0.5, 0.6) is 0 Å². The highest BCUT2D eigenvalue weighted by molar-refractivity contribution is 7.14. The minimum absolute atomic E-state index is 0.284. The fraction of sp³-hybridized carbons (Fsp3) is 0.500. The zero-order chi connectivity index (χ0) is 13.7. The van der Waals surface area contributed by atoms with E-state index in [1.54, 1.807) is 0 Å². The molecule has 1 rings (SSSR count). The molecule has 1 aromatic rings. The van der Waals surface area contributed by atoms with Gasteiger partial charge < -0.3 is 15.5 Å². The molecule has 5 nitrogen and oxygen atoms in total. The molecule has 100 valence electrons. The molecule has 1 aromatic heterocycles. The number of hydrogen-bond acceptors (Lipinski definition) is 4. The first-order chi connectivity index (χ1) is 8.45. The van der Waals surface area contributed by atoms with E-state index in [0.29, 0.717) is 4.88 Å². The third-order valence-electron chi connectivity index (χ3n) is 2.50. The van der Waals surface area contributed by atoms with Crippen molar-refractivity contribution in [2.45, 2.75) is 32.8 Å². The van der Waals surface area contributed by atoms with E-state index in [4.69, 9.17) is 10.2 Å². The second-order valence-electron chi connectivity index (χ2n) is 4.01. The summed E-state index contributed by atoms with van der Waals surface area (Å²) in [5, 5.41) is 19.9. The Kier molecular flexibility index (Phi) is 5.30. The van der Waals surface area contributed by atoms with Gasteiger partial charge in [0, 0.05) is 4.88 Å². The maximum atomic E-state index is 11.7. The van der Waals surface area contributed by atoms with Crippen LogP contribution in [-0.2, 0) is 11.2 Å². The molecule has 0 aliphatic rings. The average Bonchev–Trinajstić information content (AvgIpc) is 2.68. The maximum Gasteiger partial charge on any atom is 0.334 e. The number of aliphatic hydroxyl groups excluding tert-OH is 1. The van der Waals surface area contributed by atoms with Crippen LogP contribution >= 0.6 is 11.3 Å². The second kappa shape index (κ2) is 6.51. The number of amides is 1. The lowest BCUT2D eigenvalue weighted by Crippen LogP contribution is -2.36. The van der Waals surface area contributed by atoms with Gasteiger partial charge in [-0.3, -0.25) is 4.79 Å². The fourth-order valence-corrected chi connectivity index (χ4v) is 2.50. The number of aliphatic carboxylic acids is 1. The van der Waals surface area contributed by atoms with Crippen molar-refractivity contribution in [2.24, 2.45) is 0 Å². The lowest BCUT2D eigenvalue weighted by Gasteiger charge is -2.06. The molecule has 0 saturated heterocycles. The van der Waals surface area contributed by atoms with Gasteiger partial charge in [-0.25, -0.2) is 4.79 Å². The van der Waals surface area contributed by atoms with Crippen LogP contribution in [0.15, 0.2) is 6.07 Å². The Hall–Kier alpha value is -1.40. The molecule has 6 heteroatoms. The van der Waals surface area contributed by atoms with Crippen molar-refractivity contribution in [3.05, 3.63) is 21.4 Å². The lowest BCUT2D eigenvalue weighted by molar-refractivity contribution is -0.146. The molecule has 18 heavy (non-hydrogen) atoms. The molecule has 0 aliphatic carbocycles. The number of thiophene rings is 1. The first kappa shape index (κ1) is 14.7. The molecule has 0 fully saturated rings. The molecular weight excluding hydrogens is 254 g/mol. The van der Waals surface area contributed by atoms with Crippen molar-refractivity contribution in [3.63, 3.8) is 0 Å². The van der Waals surface area contributed by atoms with E-state index < -0.39 is 12.1 Å². The van der Waals surface area contributed by atoms with Gasteiger partial charge >= 0.3 is 5.97 Å². The lowest BCUT2D eigenvalue weighted by atomic mass is 10.1. The van der Waals surface area contributed by atoms with Crippen LogP contribution < -0.4 is 5.32 Å². The average molecular weight is 271 g/mol. The Morgan fingerprint density at radius 1 is 1.50 bits per heavy atom. The number of rotatable bonds is 6. The molecule has 0 bridgehead atoms. The Morgan fingerprint density at radius 3 is 2.72 bits per heavy atom. The van der Waals surface area contributed by atoms with Crippen LogP contribution in [0.1, 0.15) is 33.5 Å². The maximum absolute atomic E-state index is 11.7. The highest BCUT2D eigenvalue weighted by Gasteiger charge is 2.16. The minimum atomic E-state index is -1.56. The number of carbonyl (C=O) groups is 2. The molecule has 0 aromatic carbocycles. The predicted molar refractivity (Wildman–Crippen MR) is 69.0 cm³/mol.